The summed E-state index contributed by atoms with van der Waals surface area (Å²) in [6.07, 6.45) is 2.20. The van der Waals surface area contributed by atoms with E-state index < -0.39 is 0 Å². The van der Waals surface area contributed by atoms with Crippen molar-refractivity contribution in [1.82, 2.24) is 5.32 Å². The fraction of sp³-hybridized carbons (Fsp3) is 0.600. The molecule has 19 heavy (non-hydrogen) atoms. The highest BCUT2D eigenvalue weighted by Gasteiger charge is 2.49. The fourth-order valence-corrected chi connectivity index (χ4v) is 2.69. The van der Waals surface area contributed by atoms with Crippen LogP contribution >= 0.6 is 11.6 Å². The molecule has 0 amide bonds. The first kappa shape index (κ1) is 14.6. The van der Waals surface area contributed by atoms with Gasteiger partial charge < -0.3 is 10.1 Å². The molecule has 2 rings (SSSR count). The van der Waals surface area contributed by atoms with Crippen LogP contribution in [-0.4, -0.2) is 18.7 Å². The minimum Gasteiger partial charge on any atom is -0.488 e. The predicted molar refractivity (Wildman–Crippen MR) is 76.3 cm³/mol. The quantitative estimate of drug-likeness (QED) is 0.882. The smallest absolute Gasteiger partial charge is 0.138 e. The number of hydrogen-bond donors (Lipinski definition) is 1. The van der Waals surface area contributed by atoms with E-state index >= 15 is 0 Å². The summed E-state index contributed by atoms with van der Waals surface area (Å²) < 4.78 is 18.9. The molecule has 2 atom stereocenters. The first-order chi connectivity index (χ1) is 8.95. The van der Waals surface area contributed by atoms with Gasteiger partial charge in [-0.15, -0.1) is 0 Å². The van der Waals surface area contributed by atoms with Crippen molar-refractivity contribution in [3.05, 3.63) is 29.0 Å². The zero-order valence-electron chi connectivity index (χ0n) is 11.7. The Hall–Kier alpha value is -0.800. The SMILES string of the molecule is CCCNC1CC(Oc2ccc(F)cc2Cl)C1(C)C. The largest absolute Gasteiger partial charge is 0.488 e. The van der Waals surface area contributed by atoms with Gasteiger partial charge in [0.15, 0.2) is 0 Å². The zero-order valence-corrected chi connectivity index (χ0v) is 12.4. The molecule has 0 bridgehead atoms. The Morgan fingerprint density at radius 3 is 2.79 bits per heavy atom. The molecule has 2 nitrogen and oxygen atoms in total. The molecule has 1 fully saturated rings. The standard InChI is InChI=1S/C15H21ClFNO/c1-4-7-18-13-9-14(15(13,2)3)19-12-6-5-10(17)8-11(12)16/h5-6,8,13-14,18H,4,7,9H2,1-3H3. The molecule has 1 aliphatic carbocycles. The maximum atomic E-state index is 13.0. The van der Waals surface area contributed by atoms with E-state index in [2.05, 4.69) is 26.1 Å². The van der Waals surface area contributed by atoms with E-state index in [1.807, 2.05) is 0 Å². The lowest BCUT2D eigenvalue weighted by atomic mass is 9.64. The van der Waals surface area contributed by atoms with Gasteiger partial charge in [0.2, 0.25) is 0 Å². The van der Waals surface area contributed by atoms with Crippen LogP contribution in [-0.2, 0) is 0 Å². The van der Waals surface area contributed by atoms with E-state index in [1.165, 1.54) is 12.1 Å². The van der Waals surface area contributed by atoms with E-state index in [9.17, 15) is 4.39 Å². The maximum absolute atomic E-state index is 13.0. The molecule has 0 aromatic heterocycles. The van der Waals surface area contributed by atoms with Crippen LogP contribution in [0.15, 0.2) is 18.2 Å². The number of rotatable bonds is 5. The Kier molecular flexibility index (Phi) is 4.36. The van der Waals surface area contributed by atoms with Crippen molar-refractivity contribution in [1.29, 1.82) is 0 Å². The van der Waals surface area contributed by atoms with E-state index in [4.69, 9.17) is 16.3 Å². The van der Waals surface area contributed by atoms with Gasteiger partial charge in [-0.3, -0.25) is 0 Å². The third-order valence-corrected chi connectivity index (χ3v) is 4.28. The Labute approximate surface area is 119 Å². The number of nitrogens with one attached hydrogen (secondary N) is 1. The predicted octanol–water partition coefficient (Wildman–Crippen LogP) is 4.02. The van der Waals surface area contributed by atoms with Crippen LogP contribution in [0.5, 0.6) is 5.75 Å². The molecule has 1 N–H and O–H groups in total. The normalized spacial score (nSPS) is 24.9. The molecule has 0 spiro atoms. The van der Waals surface area contributed by atoms with Crippen molar-refractivity contribution in [2.75, 3.05) is 6.54 Å². The van der Waals surface area contributed by atoms with Crippen molar-refractivity contribution < 1.29 is 9.13 Å². The summed E-state index contributed by atoms with van der Waals surface area (Å²) in [5.41, 5.74) is 0.0624. The molecule has 1 saturated carbocycles. The summed E-state index contributed by atoms with van der Waals surface area (Å²) in [5, 5.41) is 3.86. The summed E-state index contributed by atoms with van der Waals surface area (Å²) in [7, 11) is 0. The molecule has 0 heterocycles. The van der Waals surface area contributed by atoms with Gasteiger partial charge in [-0.1, -0.05) is 32.4 Å². The zero-order chi connectivity index (χ0) is 14.0. The van der Waals surface area contributed by atoms with Crippen LogP contribution in [0.2, 0.25) is 5.02 Å². The van der Waals surface area contributed by atoms with Gasteiger partial charge in [-0.25, -0.2) is 4.39 Å². The second-order valence-electron chi connectivity index (χ2n) is 5.75. The number of ether oxygens (including phenoxy) is 1. The molecule has 106 valence electrons. The first-order valence-corrected chi connectivity index (χ1v) is 7.18. The molecular weight excluding hydrogens is 265 g/mol. The third-order valence-electron chi connectivity index (χ3n) is 3.98. The summed E-state index contributed by atoms with van der Waals surface area (Å²) in [5.74, 6) is 0.225. The maximum Gasteiger partial charge on any atom is 0.138 e. The molecule has 0 aliphatic heterocycles. The Morgan fingerprint density at radius 2 is 2.21 bits per heavy atom. The lowest BCUT2D eigenvalue weighted by molar-refractivity contribution is -0.0545. The Morgan fingerprint density at radius 1 is 1.47 bits per heavy atom. The highest BCUT2D eigenvalue weighted by Crippen LogP contribution is 2.44. The van der Waals surface area contributed by atoms with Crippen molar-refractivity contribution in [3.63, 3.8) is 0 Å². The van der Waals surface area contributed by atoms with E-state index in [1.54, 1.807) is 6.07 Å². The van der Waals surface area contributed by atoms with Gasteiger partial charge in [0.25, 0.3) is 0 Å². The molecule has 1 aromatic carbocycles. The molecular formula is C15H21ClFNO. The van der Waals surface area contributed by atoms with E-state index in [-0.39, 0.29) is 17.3 Å². The second-order valence-corrected chi connectivity index (χ2v) is 6.15. The molecule has 4 heteroatoms. The van der Waals surface area contributed by atoms with Crippen LogP contribution in [0, 0.1) is 11.2 Å². The summed E-state index contributed by atoms with van der Waals surface area (Å²) in [6.45, 7) is 7.56. The lowest BCUT2D eigenvalue weighted by Gasteiger charge is -2.51. The minimum absolute atomic E-state index is 0.0624. The van der Waals surface area contributed by atoms with E-state index in [0.717, 1.165) is 19.4 Å². The third kappa shape index (κ3) is 3.03. The number of hydrogen-bond acceptors (Lipinski definition) is 2. The van der Waals surface area contributed by atoms with Gasteiger partial charge >= 0.3 is 0 Å². The van der Waals surface area contributed by atoms with Crippen LogP contribution in [0.4, 0.5) is 4.39 Å². The average Bonchev–Trinajstić information content (AvgIpc) is 2.35. The topological polar surface area (TPSA) is 21.3 Å². The van der Waals surface area contributed by atoms with Crippen molar-refractivity contribution >= 4 is 11.6 Å². The van der Waals surface area contributed by atoms with Crippen LogP contribution in [0.1, 0.15) is 33.6 Å². The molecule has 0 saturated heterocycles. The second kappa shape index (κ2) is 5.68. The number of benzene rings is 1. The van der Waals surface area contributed by atoms with Crippen molar-refractivity contribution in [2.45, 2.75) is 45.8 Å². The van der Waals surface area contributed by atoms with Gasteiger partial charge in [0.05, 0.1) is 5.02 Å². The Bertz CT molecular complexity index is 450. The molecule has 2 unspecified atom stereocenters. The van der Waals surface area contributed by atoms with Crippen molar-refractivity contribution in [2.24, 2.45) is 5.41 Å². The highest BCUT2D eigenvalue weighted by atomic mass is 35.5. The molecule has 0 radical (unpaired) electrons. The van der Waals surface area contributed by atoms with Gasteiger partial charge in [-0.05, 0) is 31.2 Å². The fourth-order valence-electron chi connectivity index (χ4n) is 2.47. The highest BCUT2D eigenvalue weighted by molar-refractivity contribution is 6.32. The van der Waals surface area contributed by atoms with Crippen LogP contribution < -0.4 is 10.1 Å². The monoisotopic (exact) mass is 285 g/mol. The minimum atomic E-state index is -0.340. The summed E-state index contributed by atoms with van der Waals surface area (Å²) >= 11 is 5.99. The molecule has 1 aliphatic rings. The van der Waals surface area contributed by atoms with Gasteiger partial charge in [-0.2, -0.15) is 0 Å². The van der Waals surface area contributed by atoms with Crippen molar-refractivity contribution in [3.8, 4) is 5.75 Å². The van der Waals surface area contributed by atoms with Gasteiger partial charge in [0, 0.05) is 17.9 Å². The summed E-state index contributed by atoms with van der Waals surface area (Å²) in [4.78, 5) is 0. The molecule has 1 aromatic rings. The van der Waals surface area contributed by atoms with Crippen LogP contribution in [0.25, 0.3) is 0 Å². The van der Waals surface area contributed by atoms with E-state index in [0.29, 0.717) is 16.8 Å². The lowest BCUT2D eigenvalue weighted by Crippen LogP contribution is -2.62. The average molecular weight is 286 g/mol. The van der Waals surface area contributed by atoms with Crippen LogP contribution in [0.3, 0.4) is 0 Å². The number of halogens is 2. The Balaban J connectivity index is 1.98. The summed E-state index contributed by atoms with van der Waals surface area (Å²) in [6, 6.07) is 4.73. The first-order valence-electron chi connectivity index (χ1n) is 6.80. The van der Waals surface area contributed by atoms with Gasteiger partial charge in [0.1, 0.15) is 17.7 Å².